The second-order valence-corrected chi connectivity index (χ2v) is 20.5. The number of anilines is 3. The van der Waals surface area contributed by atoms with E-state index in [1.54, 1.807) is 21.3 Å². The lowest BCUT2D eigenvalue weighted by Gasteiger charge is -2.26. The first kappa shape index (κ1) is 48.6. The predicted octanol–water partition coefficient (Wildman–Crippen LogP) is 18.7. The van der Waals surface area contributed by atoms with Gasteiger partial charge in [-0.05, 0) is 214 Å². The quantitative estimate of drug-likeness (QED) is 0.0857. The zero-order valence-electron chi connectivity index (χ0n) is 42.0. The summed E-state index contributed by atoms with van der Waals surface area (Å²) in [5, 5.41) is 0. The van der Waals surface area contributed by atoms with E-state index in [-0.39, 0.29) is 0 Å². The third-order valence-electron chi connectivity index (χ3n) is 13.7. The maximum Gasteiger partial charge on any atom is 0.118 e. The minimum atomic E-state index is 0.877. The molecule has 3 heterocycles. The second kappa shape index (κ2) is 21.7. The lowest BCUT2D eigenvalue weighted by molar-refractivity contribution is 0.415. The Morgan fingerprint density at radius 2 is 0.443 bits per heavy atom. The summed E-state index contributed by atoms with van der Waals surface area (Å²) in [5.41, 5.74) is 19.5. The van der Waals surface area contributed by atoms with Crippen LogP contribution in [-0.2, 0) is 38.5 Å². The number of methoxy groups -OCH3 is 3. The van der Waals surface area contributed by atoms with Gasteiger partial charge in [0.2, 0.25) is 0 Å². The molecule has 0 atom stereocenters. The Labute approximate surface area is 427 Å². The number of ether oxygens (including phenoxy) is 3. The van der Waals surface area contributed by atoms with Crippen molar-refractivity contribution in [3.05, 3.63) is 179 Å². The lowest BCUT2D eigenvalue weighted by atomic mass is 9.97. The summed E-state index contributed by atoms with van der Waals surface area (Å²) in [6.07, 6.45) is 5.90. The van der Waals surface area contributed by atoms with Gasteiger partial charge in [0.15, 0.2) is 0 Å². The fourth-order valence-electron chi connectivity index (χ4n) is 10.1. The van der Waals surface area contributed by atoms with Crippen molar-refractivity contribution in [2.24, 2.45) is 0 Å². The Morgan fingerprint density at radius 1 is 0.271 bits per heavy atom. The molecule has 0 spiro atoms. The van der Waals surface area contributed by atoms with Crippen molar-refractivity contribution in [3.8, 4) is 79.9 Å². The molecule has 0 aliphatic rings. The molecule has 0 aliphatic carbocycles. The van der Waals surface area contributed by atoms with E-state index >= 15 is 0 Å². The molecule has 356 valence electrons. The van der Waals surface area contributed by atoms with Gasteiger partial charge in [-0.15, -0.1) is 34.0 Å². The van der Waals surface area contributed by atoms with Crippen molar-refractivity contribution in [2.45, 2.75) is 80.1 Å². The molecule has 0 saturated carbocycles. The van der Waals surface area contributed by atoms with Crippen molar-refractivity contribution < 1.29 is 14.2 Å². The lowest BCUT2D eigenvalue weighted by Crippen LogP contribution is -2.09. The van der Waals surface area contributed by atoms with Crippen LogP contribution in [0.25, 0.3) is 62.6 Å². The zero-order valence-corrected chi connectivity index (χ0v) is 44.4. The third-order valence-corrected chi connectivity index (χ3v) is 17.8. The van der Waals surface area contributed by atoms with Gasteiger partial charge >= 0.3 is 0 Å². The summed E-state index contributed by atoms with van der Waals surface area (Å²) < 4.78 is 16.5. The molecular formula is C63H63NO3S3. The van der Waals surface area contributed by atoms with Crippen LogP contribution in [0.1, 0.15) is 74.9 Å². The van der Waals surface area contributed by atoms with Gasteiger partial charge in [-0.3, -0.25) is 0 Å². The van der Waals surface area contributed by atoms with Crippen molar-refractivity contribution in [1.29, 1.82) is 0 Å². The summed E-state index contributed by atoms with van der Waals surface area (Å²) in [6.45, 7) is 13.7. The van der Waals surface area contributed by atoms with E-state index in [2.05, 4.69) is 192 Å². The Hall–Kier alpha value is -6.38. The smallest absolute Gasteiger partial charge is 0.118 e. The predicted molar refractivity (Wildman–Crippen MR) is 303 cm³/mol. The van der Waals surface area contributed by atoms with Gasteiger partial charge in [-0.1, -0.05) is 77.9 Å². The van der Waals surface area contributed by atoms with Crippen LogP contribution in [0.15, 0.2) is 146 Å². The van der Waals surface area contributed by atoms with Crippen LogP contribution in [0, 0.1) is 0 Å². The molecule has 0 fully saturated rings. The molecule has 9 rings (SSSR count). The first-order chi connectivity index (χ1) is 34.3. The standard InChI is InChI=1S/C63H63NO3S3/c1-10-52-55(13-4)61(43-22-34-49(65-7)35-23-43)68-58(52)40-16-28-46(29-17-40)64(47-30-18-41(19-31-47)59-53(11-2)56(14-5)62(69-59)44-24-36-50(66-8)37-25-44)48-32-20-42(21-33-48)60-54(12-3)57(15-6)63(70-60)45-26-38-51(67-9)39-27-45/h16-39H,10-15H2,1-9H3. The highest BCUT2D eigenvalue weighted by atomic mass is 32.1. The van der Waals surface area contributed by atoms with Crippen LogP contribution in [0.2, 0.25) is 0 Å². The van der Waals surface area contributed by atoms with E-state index < -0.39 is 0 Å². The summed E-state index contributed by atoms with van der Waals surface area (Å²) in [5.74, 6) is 2.63. The van der Waals surface area contributed by atoms with Crippen molar-refractivity contribution in [2.75, 3.05) is 26.2 Å². The number of nitrogens with zero attached hydrogens (tertiary/aromatic N) is 1. The minimum absolute atomic E-state index is 0.877. The maximum absolute atomic E-state index is 5.50. The van der Waals surface area contributed by atoms with Crippen LogP contribution < -0.4 is 19.1 Å². The number of hydrogen-bond acceptors (Lipinski definition) is 7. The Morgan fingerprint density at radius 3 is 0.600 bits per heavy atom. The van der Waals surface area contributed by atoms with Crippen LogP contribution in [0.3, 0.4) is 0 Å². The summed E-state index contributed by atoms with van der Waals surface area (Å²) in [6, 6.07) is 53.4. The Balaban J connectivity index is 1.12. The molecular weight excluding hydrogens is 915 g/mol. The van der Waals surface area contributed by atoms with Gasteiger partial charge in [-0.2, -0.15) is 0 Å². The fourth-order valence-corrected chi connectivity index (χ4v) is 14.6. The number of hydrogen-bond donors (Lipinski definition) is 0. The summed E-state index contributed by atoms with van der Waals surface area (Å²) in [7, 11) is 5.18. The van der Waals surface area contributed by atoms with Gasteiger partial charge in [-0.25, -0.2) is 0 Å². The molecule has 0 unspecified atom stereocenters. The van der Waals surface area contributed by atoms with Crippen molar-refractivity contribution in [3.63, 3.8) is 0 Å². The van der Waals surface area contributed by atoms with Gasteiger partial charge in [0.1, 0.15) is 17.2 Å². The molecule has 7 heteroatoms. The number of rotatable bonds is 18. The molecule has 0 bridgehead atoms. The second-order valence-electron chi connectivity index (χ2n) is 17.4. The van der Waals surface area contributed by atoms with Crippen molar-refractivity contribution >= 4 is 51.1 Å². The average Bonchev–Trinajstić information content (AvgIpc) is 4.13. The molecule has 0 saturated heterocycles. The van der Waals surface area contributed by atoms with Crippen LogP contribution in [0.5, 0.6) is 17.2 Å². The van der Waals surface area contributed by atoms with E-state index in [1.807, 2.05) is 34.0 Å². The number of benzene rings is 6. The third kappa shape index (κ3) is 9.35. The van der Waals surface area contributed by atoms with E-state index in [1.165, 1.54) is 96.0 Å². The summed E-state index contributed by atoms with van der Waals surface area (Å²) >= 11 is 5.74. The number of thiophene rings is 3. The van der Waals surface area contributed by atoms with Crippen molar-refractivity contribution in [1.82, 2.24) is 0 Å². The molecule has 0 aliphatic heterocycles. The monoisotopic (exact) mass is 977 g/mol. The molecule has 9 aromatic rings. The Kier molecular flexibility index (Phi) is 15.1. The summed E-state index contributed by atoms with van der Waals surface area (Å²) in [4.78, 5) is 10.5. The van der Waals surface area contributed by atoms with Gasteiger partial charge in [0, 0.05) is 46.3 Å². The van der Waals surface area contributed by atoms with Gasteiger partial charge in [0.05, 0.1) is 21.3 Å². The van der Waals surface area contributed by atoms with E-state index in [0.29, 0.717) is 0 Å². The van der Waals surface area contributed by atoms with Gasteiger partial charge in [0.25, 0.3) is 0 Å². The highest BCUT2D eigenvalue weighted by molar-refractivity contribution is 7.20. The fraction of sp³-hybridized carbons (Fsp3) is 0.238. The van der Waals surface area contributed by atoms with Crippen LogP contribution in [-0.4, -0.2) is 21.3 Å². The zero-order chi connectivity index (χ0) is 48.9. The van der Waals surface area contributed by atoms with E-state index in [4.69, 9.17) is 14.2 Å². The molecule has 0 radical (unpaired) electrons. The van der Waals surface area contributed by atoms with Gasteiger partial charge < -0.3 is 19.1 Å². The Bertz CT molecular complexity index is 2830. The van der Waals surface area contributed by atoms with Crippen LogP contribution >= 0.6 is 34.0 Å². The highest BCUT2D eigenvalue weighted by Gasteiger charge is 2.23. The van der Waals surface area contributed by atoms with Crippen LogP contribution in [0.4, 0.5) is 17.1 Å². The highest BCUT2D eigenvalue weighted by Crippen LogP contribution is 2.48. The maximum atomic E-state index is 5.50. The molecule has 0 N–H and O–H groups in total. The normalized spacial score (nSPS) is 11.3. The SMILES string of the molecule is CCc1c(-c2ccc(OC)cc2)sc(-c2ccc(N(c3ccc(-c4sc(-c5ccc(OC)cc5)c(CC)c4CC)cc3)c3ccc(-c4sc(-c5ccc(OC)cc5)c(CC)c4CC)cc3)cc2)c1CC. The molecule has 3 aromatic heterocycles. The first-order valence-electron chi connectivity index (χ1n) is 24.8. The van der Waals surface area contributed by atoms with E-state index in [9.17, 15) is 0 Å². The molecule has 6 aromatic carbocycles. The van der Waals surface area contributed by atoms with E-state index in [0.717, 1.165) is 72.8 Å². The first-order valence-corrected chi connectivity index (χ1v) is 27.2. The largest absolute Gasteiger partial charge is 0.497 e. The minimum Gasteiger partial charge on any atom is -0.497 e. The molecule has 70 heavy (non-hydrogen) atoms. The molecule has 4 nitrogen and oxygen atoms in total. The average molecular weight is 978 g/mol. The topological polar surface area (TPSA) is 30.9 Å². The molecule has 0 amide bonds.